The molecule has 3 rings (SSSR count). The van der Waals surface area contributed by atoms with Crippen LogP contribution in [0.5, 0.6) is 11.5 Å². The summed E-state index contributed by atoms with van der Waals surface area (Å²) in [5, 5.41) is 5.80. The van der Waals surface area contributed by atoms with Gasteiger partial charge in [-0.1, -0.05) is 23.7 Å². The van der Waals surface area contributed by atoms with E-state index in [9.17, 15) is 9.59 Å². The number of hydrogen-bond acceptors (Lipinski definition) is 4. The summed E-state index contributed by atoms with van der Waals surface area (Å²) in [5.41, 5.74) is 0.896. The molecular weight excluding hydrogens is 392 g/mol. The van der Waals surface area contributed by atoms with E-state index in [0.717, 1.165) is 25.7 Å². The monoisotopic (exact) mass is 416 g/mol. The van der Waals surface area contributed by atoms with E-state index in [4.69, 9.17) is 21.1 Å². The van der Waals surface area contributed by atoms with Gasteiger partial charge < -0.3 is 20.1 Å². The second-order valence-electron chi connectivity index (χ2n) is 7.05. The zero-order chi connectivity index (χ0) is 20.8. The van der Waals surface area contributed by atoms with E-state index in [2.05, 4.69) is 10.6 Å². The lowest BCUT2D eigenvalue weighted by atomic mass is 10.2. The van der Waals surface area contributed by atoms with Gasteiger partial charge in [-0.15, -0.1) is 0 Å². The molecule has 1 aliphatic carbocycles. The van der Waals surface area contributed by atoms with Crippen LogP contribution in [0.4, 0.5) is 5.69 Å². The molecule has 1 saturated carbocycles. The van der Waals surface area contributed by atoms with Crippen LogP contribution in [0.1, 0.15) is 43.0 Å². The summed E-state index contributed by atoms with van der Waals surface area (Å²) in [6.45, 7) is 1.61. The Labute approximate surface area is 175 Å². The number of methoxy groups -OCH3 is 1. The van der Waals surface area contributed by atoms with Gasteiger partial charge in [0, 0.05) is 11.8 Å². The predicted molar refractivity (Wildman–Crippen MR) is 113 cm³/mol. The van der Waals surface area contributed by atoms with Gasteiger partial charge in [-0.25, -0.2) is 0 Å². The highest BCUT2D eigenvalue weighted by Crippen LogP contribution is 2.34. The number of nitrogens with one attached hydrogen (secondary N) is 2. The smallest absolute Gasteiger partial charge is 0.253 e. The van der Waals surface area contributed by atoms with Crippen molar-refractivity contribution in [3.05, 3.63) is 53.1 Å². The number of hydrogen-bond donors (Lipinski definition) is 2. The highest BCUT2D eigenvalue weighted by molar-refractivity contribution is 6.33. The zero-order valence-corrected chi connectivity index (χ0v) is 17.3. The lowest BCUT2D eigenvalue weighted by Crippen LogP contribution is -2.41. The van der Waals surface area contributed by atoms with Crippen molar-refractivity contribution in [2.45, 2.75) is 44.8 Å². The van der Waals surface area contributed by atoms with Gasteiger partial charge in [0.1, 0.15) is 6.04 Å². The summed E-state index contributed by atoms with van der Waals surface area (Å²) in [6, 6.07) is 11.2. The first kappa shape index (κ1) is 21.0. The second kappa shape index (κ2) is 9.65. The molecule has 0 aromatic heterocycles. The molecule has 0 spiro atoms. The van der Waals surface area contributed by atoms with E-state index < -0.39 is 11.9 Å². The number of amides is 2. The van der Waals surface area contributed by atoms with E-state index >= 15 is 0 Å². The van der Waals surface area contributed by atoms with Gasteiger partial charge in [-0.2, -0.15) is 0 Å². The Morgan fingerprint density at radius 2 is 1.83 bits per heavy atom. The Hall–Kier alpha value is -2.73. The molecule has 0 heterocycles. The standard InChI is InChI=1S/C22H25ClN2O4/c1-14(24-22(27)17-9-5-6-10-18(17)23)21(26)25-15-11-12-19(28-2)20(13-15)29-16-7-3-4-8-16/h5-6,9-14,16H,3-4,7-8H2,1-2H3,(H,24,27)(H,25,26). The van der Waals surface area contributed by atoms with Gasteiger partial charge in [-0.05, 0) is 56.9 Å². The molecule has 1 atom stereocenters. The fraction of sp³-hybridized carbons (Fsp3) is 0.364. The molecule has 1 aliphatic rings. The zero-order valence-electron chi connectivity index (χ0n) is 16.5. The quantitative estimate of drug-likeness (QED) is 0.700. The predicted octanol–water partition coefficient (Wildman–Crippen LogP) is 4.43. The number of anilines is 1. The van der Waals surface area contributed by atoms with Crippen molar-refractivity contribution in [2.75, 3.05) is 12.4 Å². The minimum Gasteiger partial charge on any atom is -0.493 e. The molecule has 7 heteroatoms. The maximum Gasteiger partial charge on any atom is 0.253 e. The molecule has 0 saturated heterocycles. The van der Waals surface area contributed by atoms with Crippen LogP contribution in [-0.2, 0) is 4.79 Å². The van der Waals surface area contributed by atoms with Crippen molar-refractivity contribution in [3.63, 3.8) is 0 Å². The third-order valence-corrected chi connectivity index (χ3v) is 5.22. The average Bonchev–Trinajstić information content (AvgIpc) is 3.21. The van der Waals surface area contributed by atoms with E-state index in [1.54, 1.807) is 56.5 Å². The molecule has 0 bridgehead atoms. The SMILES string of the molecule is COc1ccc(NC(=O)C(C)NC(=O)c2ccccc2Cl)cc1OC1CCCC1. The van der Waals surface area contributed by atoms with Crippen molar-refractivity contribution in [3.8, 4) is 11.5 Å². The molecule has 0 aliphatic heterocycles. The van der Waals surface area contributed by atoms with Crippen molar-refractivity contribution in [2.24, 2.45) is 0 Å². The van der Waals surface area contributed by atoms with Crippen LogP contribution in [0.15, 0.2) is 42.5 Å². The largest absolute Gasteiger partial charge is 0.493 e. The summed E-state index contributed by atoms with van der Waals surface area (Å²) >= 11 is 6.04. The Kier molecular flexibility index (Phi) is 6.99. The molecule has 2 amide bonds. The highest BCUT2D eigenvalue weighted by atomic mass is 35.5. The fourth-order valence-corrected chi connectivity index (χ4v) is 3.49. The second-order valence-corrected chi connectivity index (χ2v) is 7.46. The van der Waals surface area contributed by atoms with Gasteiger partial charge in [-0.3, -0.25) is 9.59 Å². The molecular formula is C22H25ClN2O4. The number of carbonyl (C=O) groups excluding carboxylic acids is 2. The van der Waals surface area contributed by atoms with Crippen LogP contribution in [0.25, 0.3) is 0 Å². The number of halogens is 1. The first-order chi connectivity index (χ1) is 14.0. The van der Waals surface area contributed by atoms with Gasteiger partial charge in [0.2, 0.25) is 5.91 Å². The van der Waals surface area contributed by atoms with Crippen molar-refractivity contribution < 1.29 is 19.1 Å². The Morgan fingerprint density at radius 3 is 2.52 bits per heavy atom. The van der Waals surface area contributed by atoms with Crippen molar-refractivity contribution in [1.29, 1.82) is 0 Å². The van der Waals surface area contributed by atoms with Gasteiger partial charge in [0.15, 0.2) is 11.5 Å². The molecule has 154 valence electrons. The fourth-order valence-electron chi connectivity index (χ4n) is 3.27. The minimum atomic E-state index is -0.750. The number of carbonyl (C=O) groups is 2. The lowest BCUT2D eigenvalue weighted by Gasteiger charge is -2.18. The van der Waals surface area contributed by atoms with E-state index in [0.29, 0.717) is 27.8 Å². The number of rotatable bonds is 7. The van der Waals surface area contributed by atoms with Crippen LogP contribution in [0.3, 0.4) is 0 Å². The van der Waals surface area contributed by atoms with Crippen molar-refractivity contribution in [1.82, 2.24) is 5.32 Å². The summed E-state index contributed by atoms with van der Waals surface area (Å²) in [4.78, 5) is 24.9. The summed E-state index contributed by atoms with van der Waals surface area (Å²) in [6.07, 6.45) is 4.53. The highest BCUT2D eigenvalue weighted by Gasteiger charge is 2.21. The Morgan fingerprint density at radius 1 is 1.10 bits per heavy atom. The summed E-state index contributed by atoms with van der Waals surface area (Å²) < 4.78 is 11.4. The molecule has 2 aromatic rings. The summed E-state index contributed by atoms with van der Waals surface area (Å²) in [5.74, 6) is 0.473. The molecule has 2 N–H and O–H groups in total. The third-order valence-electron chi connectivity index (χ3n) is 4.89. The normalized spacial score (nSPS) is 14.9. The molecule has 1 fully saturated rings. The van der Waals surface area contributed by atoms with Crippen LogP contribution < -0.4 is 20.1 Å². The summed E-state index contributed by atoms with van der Waals surface area (Å²) in [7, 11) is 1.58. The van der Waals surface area contributed by atoms with Gasteiger partial charge in [0.25, 0.3) is 5.91 Å². The van der Waals surface area contributed by atoms with Crippen LogP contribution in [-0.4, -0.2) is 31.1 Å². The number of benzene rings is 2. The van der Waals surface area contributed by atoms with E-state index in [1.165, 1.54) is 0 Å². The average molecular weight is 417 g/mol. The molecule has 1 unspecified atom stereocenters. The Bertz CT molecular complexity index is 881. The van der Waals surface area contributed by atoms with Crippen LogP contribution in [0.2, 0.25) is 5.02 Å². The molecule has 2 aromatic carbocycles. The topological polar surface area (TPSA) is 76.7 Å². The minimum absolute atomic E-state index is 0.170. The van der Waals surface area contributed by atoms with E-state index in [1.807, 2.05) is 0 Å². The molecule has 29 heavy (non-hydrogen) atoms. The molecule has 0 radical (unpaired) electrons. The maximum atomic E-state index is 12.5. The van der Waals surface area contributed by atoms with Crippen LogP contribution in [0, 0.1) is 0 Å². The maximum absolute atomic E-state index is 12.5. The first-order valence-electron chi connectivity index (χ1n) is 9.69. The first-order valence-corrected chi connectivity index (χ1v) is 10.1. The molecule has 6 nitrogen and oxygen atoms in total. The van der Waals surface area contributed by atoms with Gasteiger partial charge >= 0.3 is 0 Å². The van der Waals surface area contributed by atoms with E-state index in [-0.39, 0.29) is 12.0 Å². The van der Waals surface area contributed by atoms with Crippen molar-refractivity contribution >= 4 is 29.1 Å². The Balaban J connectivity index is 1.64. The third kappa shape index (κ3) is 5.41. The van der Waals surface area contributed by atoms with Crippen LogP contribution >= 0.6 is 11.6 Å². The lowest BCUT2D eigenvalue weighted by molar-refractivity contribution is -0.117. The number of ether oxygens (including phenoxy) is 2. The van der Waals surface area contributed by atoms with Gasteiger partial charge in [0.05, 0.1) is 23.8 Å².